The summed E-state index contributed by atoms with van der Waals surface area (Å²) in [5.41, 5.74) is 0.384. The van der Waals surface area contributed by atoms with Gasteiger partial charge in [-0.15, -0.1) is 5.10 Å². The van der Waals surface area contributed by atoms with Gasteiger partial charge in [-0.2, -0.15) is 0 Å². The number of aromatic amines is 1. The number of rotatable bonds is 1. The van der Waals surface area contributed by atoms with E-state index in [1.165, 1.54) is 13.2 Å². The second kappa shape index (κ2) is 2.48. The van der Waals surface area contributed by atoms with Crippen LogP contribution in [0.15, 0.2) is 18.2 Å². The van der Waals surface area contributed by atoms with Gasteiger partial charge in [0.05, 0.1) is 12.5 Å². The van der Waals surface area contributed by atoms with Crippen LogP contribution in [0.2, 0.25) is 0 Å². The van der Waals surface area contributed by atoms with Crippen LogP contribution in [0.4, 0.5) is 4.39 Å². The molecule has 1 aromatic heterocycles. The monoisotopic (exact) mass is 166 g/mol. The highest BCUT2D eigenvalue weighted by atomic mass is 19.1. The van der Waals surface area contributed by atoms with Gasteiger partial charge in [0.15, 0.2) is 0 Å². The van der Waals surface area contributed by atoms with Gasteiger partial charge in [0.2, 0.25) is 5.88 Å². The van der Waals surface area contributed by atoms with Gasteiger partial charge in [-0.3, -0.25) is 5.10 Å². The standard InChI is InChI=1S/C8H7FN2O/c1-12-8-5-3-2-4-6(9)7(5)10-11-8/h2-4H,1H3,(H,10,11). The van der Waals surface area contributed by atoms with E-state index < -0.39 is 0 Å². The van der Waals surface area contributed by atoms with Crippen molar-refractivity contribution in [1.29, 1.82) is 0 Å². The van der Waals surface area contributed by atoms with Gasteiger partial charge < -0.3 is 4.74 Å². The van der Waals surface area contributed by atoms with Crippen LogP contribution >= 0.6 is 0 Å². The van der Waals surface area contributed by atoms with Crippen molar-refractivity contribution >= 4 is 10.9 Å². The van der Waals surface area contributed by atoms with E-state index in [2.05, 4.69) is 10.2 Å². The summed E-state index contributed by atoms with van der Waals surface area (Å²) in [6, 6.07) is 4.75. The maximum absolute atomic E-state index is 13.0. The van der Waals surface area contributed by atoms with E-state index in [0.29, 0.717) is 16.8 Å². The van der Waals surface area contributed by atoms with Gasteiger partial charge in [0.25, 0.3) is 0 Å². The first-order valence-electron chi connectivity index (χ1n) is 3.49. The van der Waals surface area contributed by atoms with Crippen molar-refractivity contribution in [1.82, 2.24) is 10.2 Å². The summed E-state index contributed by atoms with van der Waals surface area (Å²) in [5, 5.41) is 7.01. The zero-order valence-electron chi connectivity index (χ0n) is 6.47. The quantitative estimate of drug-likeness (QED) is 0.700. The minimum Gasteiger partial charge on any atom is -0.480 e. The normalized spacial score (nSPS) is 10.5. The summed E-state index contributed by atoms with van der Waals surface area (Å²) in [7, 11) is 1.50. The molecular weight excluding hydrogens is 159 g/mol. The number of H-pyrrole nitrogens is 1. The minimum absolute atomic E-state index is 0.316. The van der Waals surface area contributed by atoms with Crippen LogP contribution in [-0.4, -0.2) is 17.3 Å². The summed E-state index contributed by atoms with van der Waals surface area (Å²) in [6.45, 7) is 0. The molecule has 0 bridgehead atoms. The predicted molar refractivity (Wildman–Crippen MR) is 42.6 cm³/mol. The van der Waals surface area contributed by atoms with Gasteiger partial charge in [-0.1, -0.05) is 6.07 Å². The van der Waals surface area contributed by atoms with E-state index in [0.717, 1.165) is 0 Å². The van der Waals surface area contributed by atoms with Gasteiger partial charge >= 0.3 is 0 Å². The highest BCUT2D eigenvalue weighted by molar-refractivity contribution is 5.84. The molecule has 0 atom stereocenters. The van der Waals surface area contributed by atoms with E-state index >= 15 is 0 Å². The Morgan fingerprint density at radius 1 is 1.50 bits per heavy atom. The fraction of sp³-hybridized carbons (Fsp3) is 0.125. The summed E-state index contributed by atoms with van der Waals surface area (Å²) < 4.78 is 17.9. The first-order chi connectivity index (χ1) is 5.83. The Labute approximate surface area is 68.2 Å². The van der Waals surface area contributed by atoms with Gasteiger partial charge in [-0.05, 0) is 12.1 Å². The number of hydrogen-bond donors (Lipinski definition) is 1. The summed E-state index contributed by atoms with van der Waals surface area (Å²) in [5.74, 6) is 0.104. The van der Waals surface area contributed by atoms with Crippen LogP contribution in [0, 0.1) is 5.82 Å². The fourth-order valence-corrected chi connectivity index (χ4v) is 1.14. The van der Waals surface area contributed by atoms with Crippen molar-refractivity contribution in [3.63, 3.8) is 0 Å². The van der Waals surface area contributed by atoms with Crippen LogP contribution in [0.25, 0.3) is 10.9 Å². The molecule has 1 aromatic carbocycles. The fourth-order valence-electron chi connectivity index (χ4n) is 1.14. The van der Waals surface area contributed by atoms with E-state index in [-0.39, 0.29) is 5.82 Å². The van der Waals surface area contributed by atoms with Crippen LogP contribution < -0.4 is 4.74 Å². The molecule has 1 N–H and O–H groups in total. The van der Waals surface area contributed by atoms with Crippen molar-refractivity contribution in [3.8, 4) is 5.88 Å². The maximum Gasteiger partial charge on any atom is 0.240 e. The van der Waals surface area contributed by atoms with Crippen LogP contribution in [0.3, 0.4) is 0 Å². The number of nitrogens with one attached hydrogen (secondary N) is 1. The van der Waals surface area contributed by atoms with Crippen LogP contribution in [0.1, 0.15) is 0 Å². The van der Waals surface area contributed by atoms with Gasteiger partial charge in [-0.25, -0.2) is 4.39 Å². The van der Waals surface area contributed by atoms with Crippen molar-refractivity contribution in [2.45, 2.75) is 0 Å². The molecule has 2 aromatic rings. The molecular formula is C8H7FN2O. The van der Waals surface area contributed by atoms with Crippen LogP contribution in [0.5, 0.6) is 5.88 Å². The molecule has 62 valence electrons. The lowest BCUT2D eigenvalue weighted by molar-refractivity contribution is 0.401. The molecule has 0 aliphatic rings. The maximum atomic E-state index is 13.0. The number of para-hydroxylation sites is 1. The third kappa shape index (κ3) is 0.845. The second-order valence-corrected chi connectivity index (χ2v) is 2.40. The van der Waals surface area contributed by atoms with E-state index in [1.54, 1.807) is 12.1 Å². The molecule has 4 heteroatoms. The summed E-state index contributed by atoms with van der Waals surface area (Å²) in [4.78, 5) is 0. The molecule has 0 aliphatic carbocycles. The van der Waals surface area contributed by atoms with Crippen molar-refractivity contribution < 1.29 is 9.13 Å². The zero-order valence-corrected chi connectivity index (χ0v) is 6.47. The summed E-state index contributed by atoms with van der Waals surface area (Å²) >= 11 is 0. The molecule has 0 fully saturated rings. The molecule has 3 nitrogen and oxygen atoms in total. The molecule has 0 saturated carbocycles. The molecule has 2 rings (SSSR count). The topological polar surface area (TPSA) is 37.9 Å². The number of hydrogen-bond acceptors (Lipinski definition) is 2. The number of nitrogens with zero attached hydrogens (tertiary/aromatic N) is 1. The molecule has 0 unspecified atom stereocenters. The smallest absolute Gasteiger partial charge is 0.240 e. The lowest BCUT2D eigenvalue weighted by atomic mass is 10.2. The highest BCUT2D eigenvalue weighted by Gasteiger charge is 2.07. The third-order valence-corrected chi connectivity index (χ3v) is 1.71. The average molecular weight is 166 g/mol. The lowest BCUT2D eigenvalue weighted by Gasteiger charge is -1.92. The van der Waals surface area contributed by atoms with Gasteiger partial charge in [0.1, 0.15) is 11.3 Å². The van der Waals surface area contributed by atoms with Crippen molar-refractivity contribution in [2.75, 3.05) is 7.11 Å². The lowest BCUT2D eigenvalue weighted by Crippen LogP contribution is -1.81. The Kier molecular flexibility index (Phi) is 1.46. The third-order valence-electron chi connectivity index (χ3n) is 1.71. The SMILES string of the molecule is COc1n[nH]c2c(F)cccc12. The Morgan fingerprint density at radius 2 is 2.33 bits per heavy atom. The molecule has 0 spiro atoms. The molecule has 0 amide bonds. The molecule has 1 heterocycles. The van der Waals surface area contributed by atoms with Crippen molar-refractivity contribution in [3.05, 3.63) is 24.0 Å². The molecule has 12 heavy (non-hydrogen) atoms. The number of ether oxygens (including phenoxy) is 1. The van der Waals surface area contributed by atoms with Gasteiger partial charge in [0, 0.05) is 0 Å². The number of fused-ring (bicyclic) bond motifs is 1. The second-order valence-electron chi connectivity index (χ2n) is 2.40. The highest BCUT2D eigenvalue weighted by Crippen LogP contribution is 2.23. The van der Waals surface area contributed by atoms with E-state index in [9.17, 15) is 4.39 Å². The minimum atomic E-state index is -0.316. The molecule has 0 saturated heterocycles. The first kappa shape index (κ1) is 7.09. The number of halogens is 1. The first-order valence-corrected chi connectivity index (χ1v) is 3.49. The number of benzene rings is 1. The Morgan fingerprint density at radius 3 is 3.08 bits per heavy atom. The Hall–Kier alpha value is -1.58. The average Bonchev–Trinajstić information content (AvgIpc) is 2.49. The van der Waals surface area contributed by atoms with Crippen molar-refractivity contribution in [2.24, 2.45) is 0 Å². The number of methoxy groups -OCH3 is 1. The molecule has 0 aliphatic heterocycles. The Bertz CT molecular complexity index is 410. The zero-order chi connectivity index (χ0) is 8.55. The predicted octanol–water partition coefficient (Wildman–Crippen LogP) is 1.71. The number of aromatic nitrogens is 2. The Balaban J connectivity index is 2.80. The summed E-state index contributed by atoms with van der Waals surface area (Å²) in [6.07, 6.45) is 0. The van der Waals surface area contributed by atoms with E-state index in [1.807, 2.05) is 0 Å². The largest absolute Gasteiger partial charge is 0.480 e. The molecule has 0 radical (unpaired) electrons. The van der Waals surface area contributed by atoms with E-state index in [4.69, 9.17) is 4.74 Å². The van der Waals surface area contributed by atoms with Crippen LogP contribution in [-0.2, 0) is 0 Å².